The second kappa shape index (κ2) is 12.6. The van der Waals surface area contributed by atoms with Gasteiger partial charge in [-0.25, -0.2) is 4.39 Å². The van der Waals surface area contributed by atoms with Crippen molar-refractivity contribution in [3.8, 4) is 0 Å². The molecular weight excluding hydrogens is 301 g/mol. The van der Waals surface area contributed by atoms with E-state index in [-0.39, 0.29) is 12.4 Å². The zero-order valence-electron chi connectivity index (χ0n) is 13.1. The van der Waals surface area contributed by atoms with Gasteiger partial charge in [0, 0.05) is 20.2 Å². The standard InChI is InChI=1S/C17H26FNO2S.H2/c18-16-8-6-7-15(13-16)9-10-17(20)22-12-5-3-1-2-4-11-21-14-19;/h6-8,13H,1-5,9-12,14,19H2;1H. The quantitative estimate of drug-likeness (QED) is 0.462. The minimum absolute atomic E-state index is 0. The van der Waals surface area contributed by atoms with Gasteiger partial charge in [-0.15, -0.1) is 0 Å². The Morgan fingerprint density at radius 1 is 1.23 bits per heavy atom. The summed E-state index contributed by atoms with van der Waals surface area (Å²) in [6, 6.07) is 6.45. The third kappa shape index (κ3) is 9.92. The molecule has 0 amide bonds. The van der Waals surface area contributed by atoms with Gasteiger partial charge < -0.3 is 10.5 Å². The van der Waals surface area contributed by atoms with Crippen LogP contribution in [0.15, 0.2) is 24.3 Å². The molecule has 0 spiro atoms. The Morgan fingerprint density at radius 3 is 2.77 bits per heavy atom. The second-order valence-electron chi connectivity index (χ2n) is 5.19. The monoisotopic (exact) mass is 329 g/mol. The first kappa shape index (κ1) is 19.1. The number of carbonyl (C=O) groups is 1. The molecule has 1 aromatic rings. The van der Waals surface area contributed by atoms with Crippen molar-refractivity contribution in [1.82, 2.24) is 0 Å². The van der Waals surface area contributed by atoms with E-state index in [0.29, 0.717) is 19.6 Å². The molecule has 2 N–H and O–H groups in total. The molecule has 0 heterocycles. The number of rotatable bonds is 12. The first-order chi connectivity index (χ1) is 10.7. The number of ether oxygens (including phenoxy) is 1. The summed E-state index contributed by atoms with van der Waals surface area (Å²) < 4.78 is 18.1. The summed E-state index contributed by atoms with van der Waals surface area (Å²) >= 11 is 1.40. The van der Waals surface area contributed by atoms with E-state index in [0.717, 1.165) is 43.6 Å². The molecule has 0 atom stereocenters. The van der Waals surface area contributed by atoms with Gasteiger partial charge >= 0.3 is 0 Å². The van der Waals surface area contributed by atoms with Gasteiger partial charge in [0.25, 0.3) is 0 Å². The van der Waals surface area contributed by atoms with E-state index in [1.54, 1.807) is 6.07 Å². The van der Waals surface area contributed by atoms with Crippen molar-refractivity contribution >= 4 is 16.9 Å². The highest BCUT2D eigenvalue weighted by Crippen LogP contribution is 2.14. The fourth-order valence-electron chi connectivity index (χ4n) is 2.12. The highest BCUT2D eigenvalue weighted by molar-refractivity contribution is 8.13. The smallest absolute Gasteiger partial charge is 0.189 e. The van der Waals surface area contributed by atoms with E-state index in [1.807, 2.05) is 6.07 Å². The number of nitrogens with two attached hydrogens (primary N) is 1. The molecule has 0 bridgehead atoms. The molecule has 0 aromatic heterocycles. The maximum atomic E-state index is 13.0. The molecule has 0 fully saturated rings. The van der Waals surface area contributed by atoms with E-state index >= 15 is 0 Å². The van der Waals surface area contributed by atoms with E-state index < -0.39 is 0 Å². The lowest BCUT2D eigenvalue weighted by molar-refractivity contribution is -0.110. The van der Waals surface area contributed by atoms with Gasteiger partial charge in [0.2, 0.25) is 0 Å². The maximum absolute atomic E-state index is 13.0. The van der Waals surface area contributed by atoms with Crippen LogP contribution in [0.3, 0.4) is 0 Å². The highest BCUT2D eigenvalue weighted by atomic mass is 32.2. The lowest BCUT2D eigenvalue weighted by atomic mass is 10.1. The Kier molecular flexibility index (Phi) is 11.0. The molecule has 0 unspecified atom stereocenters. The van der Waals surface area contributed by atoms with Crippen molar-refractivity contribution in [1.29, 1.82) is 0 Å². The fourth-order valence-corrected chi connectivity index (χ4v) is 2.94. The van der Waals surface area contributed by atoms with Gasteiger partial charge in [-0.3, -0.25) is 4.79 Å². The number of hydrogen-bond acceptors (Lipinski definition) is 4. The van der Waals surface area contributed by atoms with Crippen LogP contribution in [-0.2, 0) is 16.0 Å². The average Bonchev–Trinajstić information content (AvgIpc) is 2.51. The number of hydrogen-bond donors (Lipinski definition) is 1. The zero-order chi connectivity index (χ0) is 16.0. The predicted molar refractivity (Wildman–Crippen MR) is 92.4 cm³/mol. The normalized spacial score (nSPS) is 10.8. The van der Waals surface area contributed by atoms with Crippen LogP contribution in [0.25, 0.3) is 0 Å². The van der Waals surface area contributed by atoms with Crippen molar-refractivity contribution < 1.29 is 15.3 Å². The second-order valence-corrected chi connectivity index (χ2v) is 6.35. The van der Waals surface area contributed by atoms with Crippen LogP contribution in [0.4, 0.5) is 4.39 Å². The lowest BCUT2D eigenvalue weighted by Crippen LogP contribution is -2.05. The Bertz CT molecular complexity index is 435. The number of aryl methyl sites for hydroxylation is 1. The third-order valence-electron chi connectivity index (χ3n) is 3.32. The van der Waals surface area contributed by atoms with E-state index in [2.05, 4.69) is 0 Å². The summed E-state index contributed by atoms with van der Waals surface area (Å²) in [5.41, 5.74) is 6.11. The predicted octanol–water partition coefficient (Wildman–Crippen LogP) is 4.15. The molecule has 22 heavy (non-hydrogen) atoms. The minimum atomic E-state index is -0.241. The molecule has 0 radical (unpaired) electrons. The molecule has 0 aliphatic heterocycles. The minimum Gasteiger partial charge on any atom is -0.367 e. The number of halogens is 1. The van der Waals surface area contributed by atoms with Crippen LogP contribution in [0.5, 0.6) is 0 Å². The molecule has 5 heteroatoms. The van der Waals surface area contributed by atoms with Gasteiger partial charge in [0.15, 0.2) is 5.12 Å². The Labute approximate surface area is 138 Å². The average molecular weight is 329 g/mol. The van der Waals surface area contributed by atoms with Gasteiger partial charge in [-0.1, -0.05) is 43.2 Å². The molecular formula is C17H28FNO2S. The Hall–Kier alpha value is -0.910. The zero-order valence-corrected chi connectivity index (χ0v) is 13.9. The van der Waals surface area contributed by atoms with E-state index in [1.165, 1.54) is 30.3 Å². The molecule has 0 saturated heterocycles. The van der Waals surface area contributed by atoms with Gasteiger partial charge in [0.05, 0.1) is 6.73 Å². The van der Waals surface area contributed by atoms with Gasteiger partial charge in [-0.05, 0) is 37.0 Å². The molecule has 0 aliphatic carbocycles. The number of unbranched alkanes of at least 4 members (excludes halogenated alkanes) is 4. The van der Waals surface area contributed by atoms with Crippen molar-refractivity contribution in [2.45, 2.75) is 44.9 Å². The largest absolute Gasteiger partial charge is 0.367 e. The molecule has 1 aromatic carbocycles. The summed E-state index contributed by atoms with van der Waals surface area (Å²) in [7, 11) is 0. The Morgan fingerprint density at radius 2 is 2.00 bits per heavy atom. The van der Waals surface area contributed by atoms with Crippen LogP contribution in [0.1, 0.15) is 45.5 Å². The number of carbonyl (C=O) groups excluding carboxylic acids is 1. The first-order valence-corrected chi connectivity index (χ1v) is 8.89. The molecule has 0 saturated carbocycles. The van der Waals surface area contributed by atoms with Crippen LogP contribution in [-0.4, -0.2) is 24.2 Å². The third-order valence-corrected chi connectivity index (χ3v) is 4.34. The van der Waals surface area contributed by atoms with E-state index in [4.69, 9.17) is 10.5 Å². The summed E-state index contributed by atoms with van der Waals surface area (Å²) in [5, 5.41) is 0.195. The molecule has 0 aliphatic rings. The number of thioether (sulfide) groups is 1. The fraction of sp³-hybridized carbons (Fsp3) is 0.588. The van der Waals surface area contributed by atoms with E-state index in [9.17, 15) is 9.18 Å². The Balaban J connectivity index is 0.00000484. The van der Waals surface area contributed by atoms with Crippen molar-refractivity contribution in [2.24, 2.45) is 5.73 Å². The summed E-state index contributed by atoms with van der Waals surface area (Å²) in [4.78, 5) is 11.7. The lowest BCUT2D eigenvalue weighted by Gasteiger charge is -2.03. The SMILES string of the molecule is NCOCCCCCCCSC(=O)CCc1cccc(F)c1.[HH]. The van der Waals surface area contributed by atoms with Gasteiger partial charge in [0.1, 0.15) is 5.82 Å². The maximum Gasteiger partial charge on any atom is 0.189 e. The summed E-state index contributed by atoms with van der Waals surface area (Å²) in [5.74, 6) is 0.635. The first-order valence-electron chi connectivity index (χ1n) is 7.90. The molecule has 126 valence electrons. The van der Waals surface area contributed by atoms with Crippen LogP contribution in [0.2, 0.25) is 0 Å². The highest BCUT2D eigenvalue weighted by Gasteiger charge is 2.04. The van der Waals surface area contributed by atoms with Crippen LogP contribution >= 0.6 is 11.8 Å². The van der Waals surface area contributed by atoms with Gasteiger partial charge in [-0.2, -0.15) is 0 Å². The molecule has 3 nitrogen and oxygen atoms in total. The van der Waals surface area contributed by atoms with Crippen LogP contribution in [0, 0.1) is 5.82 Å². The summed E-state index contributed by atoms with van der Waals surface area (Å²) in [6.07, 6.45) is 6.68. The van der Waals surface area contributed by atoms with Crippen molar-refractivity contribution in [2.75, 3.05) is 19.1 Å². The summed E-state index contributed by atoms with van der Waals surface area (Å²) in [6.45, 7) is 1.04. The topological polar surface area (TPSA) is 52.3 Å². The van der Waals surface area contributed by atoms with Crippen molar-refractivity contribution in [3.63, 3.8) is 0 Å². The van der Waals surface area contributed by atoms with Crippen molar-refractivity contribution in [3.05, 3.63) is 35.6 Å². The van der Waals surface area contributed by atoms with Crippen LogP contribution < -0.4 is 5.73 Å². The molecule has 1 rings (SSSR count). The number of benzene rings is 1.